The molecule has 166 valence electrons. The maximum atomic E-state index is 13.1. The van der Waals surface area contributed by atoms with Crippen molar-refractivity contribution in [3.63, 3.8) is 0 Å². The molecule has 1 amide bonds. The number of carbonyl (C=O) groups excluding carboxylic acids is 1. The van der Waals surface area contributed by atoms with E-state index in [1.807, 2.05) is 24.5 Å². The first-order valence-corrected chi connectivity index (χ1v) is 11.0. The molecule has 1 atom stereocenters. The lowest BCUT2D eigenvalue weighted by Crippen LogP contribution is -2.60. The van der Waals surface area contributed by atoms with E-state index in [-0.39, 0.29) is 11.5 Å². The molecule has 0 spiro atoms. The first-order valence-electron chi connectivity index (χ1n) is 9.74. The van der Waals surface area contributed by atoms with Crippen molar-refractivity contribution in [2.45, 2.75) is 18.2 Å². The van der Waals surface area contributed by atoms with Gasteiger partial charge in [0.25, 0.3) is 6.17 Å². The van der Waals surface area contributed by atoms with Gasteiger partial charge in [0.1, 0.15) is 0 Å². The lowest BCUT2D eigenvalue weighted by atomic mass is 10.0. The Kier molecular flexibility index (Phi) is 5.79. The van der Waals surface area contributed by atoms with E-state index in [0.29, 0.717) is 44.9 Å². The number of nitrogens with zero attached hydrogens (tertiary/aromatic N) is 3. The molecule has 2 aromatic carbocycles. The van der Waals surface area contributed by atoms with Crippen LogP contribution in [0, 0.1) is 0 Å². The molecule has 0 saturated heterocycles. The van der Waals surface area contributed by atoms with Gasteiger partial charge in [0, 0.05) is 12.0 Å². The zero-order chi connectivity index (χ0) is 23.0. The minimum absolute atomic E-state index is 0.206. The molecule has 10 heteroatoms. The largest absolute Gasteiger partial charge is 0.493 e. The molecule has 4 rings (SSSR count). The second kappa shape index (κ2) is 8.54. The number of aromatic amines is 1. The molecule has 1 aromatic heterocycles. The van der Waals surface area contributed by atoms with E-state index in [1.165, 1.54) is 40.0 Å². The van der Waals surface area contributed by atoms with Gasteiger partial charge in [-0.25, -0.2) is 4.90 Å². The standard InChI is InChI=1S/C22H22N4O5S/c1-12(27)25-15-9-7-6-8-14(15)18-20(28)23-22(32-5)24-26(18)21(25)13-10-16(29-2)19(31-4)17(11-13)30-3/h6-11,21H,1-5H3/p+1. The Labute approximate surface area is 188 Å². The van der Waals surface area contributed by atoms with Crippen molar-refractivity contribution < 1.29 is 23.7 Å². The van der Waals surface area contributed by atoms with Crippen molar-refractivity contribution in [1.82, 2.24) is 10.1 Å². The third kappa shape index (κ3) is 3.36. The molecule has 0 bridgehead atoms. The molecular weight excluding hydrogens is 432 g/mol. The number of hydrogen-bond donors (Lipinski definition) is 1. The van der Waals surface area contributed by atoms with Gasteiger partial charge in [-0.15, -0.1) is 0 Å². The third-order valence-corrected chi connectivity index (χ3v) is 5.85. The summed E-state index contributed by atoms with van der Waals surface area (Å²) < 4.78 is 18.1. The van der Waals surface area contributed by atoms with E-state index in [0.717, 1.165) is 0 Å². The van der Waals surface area contributed by atoms with Crippen LogP contribution >= 0.6 is 11.8 Å². The van der Waals surface area contributed by atoms with Crippen LogP contribution in [0.4, 0.5) is 5.69 Å². The molecule has 3 aromatic rings. The molecular formula is C22H23N4O5S+. The lowest BCUT2D eigenvalue weighted by molar-refractivity contribution is -0.763. The number of ether oxygens (including phenoxy) is 3. The molecule has 1 aliphatic heterocycles. The molecule has 0 aliphatic carbocycles. The number of H-pyrrole nitrogens is 1. The summed E-state index contributed by atoms with van der Waals surface area (Å²) in [6.45, 7) is 1.48. The second-order valence-corrected chi connectivity index (χ2v) is 7.79. The van der Waals surface area contributed by atoms with Gasteiger partial charge in [0.15, 0.2) is 11.5 Å². The molecule has 1 N–H and O–H groups in total. The predicted octanol–water partition coefficient (Wildman–Crippen LogP) is 2.39. The normalized spacial score (nSPS) is 14.4. The maximum absolute atomic E-state index is 13.1. The fraction of sp³-hybridized carbons (Fsp3) is 0.273. The number of nitrogens with one attached hydrogen (secondary N) is 1. The summed E-state index contributed by atoms with van der Waals surface area (Å²) in [4.78, 5) is 30.5. The summed E-state index contributed by atoms with van der Waals surface area (Å²) in [6, 6.07) is 10.8. The summed E-state index contributed by atoms with van der Waals surface area (Å²) in [5.41, 5.74) is 1.93. The fourth-order valence-electron chi connectivity index (χ4n) is 3.96. The highest BCUT2D eigenvalue weighted by molar-refractivity contribution is 7.98. The minimum Gasteiger partial charge on any atom is -0.493 e. The van der Waals surface area contributed by atoms with Gasteiger partial charge >= 0.3 is 11.3 Å². The Hall–Kier alpha value is -3.53. The molecule has 32 heavy (non-hydrogen) atoms. The summed E-state index contributed by atoms with van der Waals surface area (Å²) in [5.74, 6) is 1.09. The number of hydrogen-bond acceptors (Lipinski definition) is 7. The van der Waals surface area contributed by atoms with Crippen LogP contribution in [0.5, 0.6) is 17.2 Å². The van der Waals surface area contributed by atoms with Gasteiger partial charge in [-0.1, -0.05) is 23.9 Å². The number of anilines is 1. The molecule has 0 saturated carbocycles. The van der Waals surface area contributed by atoms with Crippen LogP contribution in [0.1, 0.15) is 18.7 Å². The Balaban J connectivity index is 2.09. The van der Waals surface area contributed by atoms with E-state index in [1.54, 1.807) is 27.8 Å². The van der Waals surface area contributed by atoms with Gasteiger partial charge in [-0.3, -0.25) is 14.6 Å². The van der Waals surface area contributed by atoms with Gasteiger partial charge < -0.3 is 14.2 Å². The van der Waals surface area contributed by atoms with Crippen molar-refractivity contribution in [3.8, 4) is 28.5 Å². The second-order valence-electron chi connectivity index (χ2n) is 7.00. The van der Waals surface area contributed by atoms with Crippen molar-refractivity contribution in [2.75, 3.05) is 32.5 Å². The first kappa shape index (κ1) is 21.7. The number of fused-ring (bicyclic) bond motifs is 3. The number of thioether (sulfide) groups is 1. The van der Waals surface area contributed by atoms with Crippen LogP contribution in [0.15, 0.2) is 46.3 Å². The van der Waals surface area contributed by atoms with Crippen molar-refractivity contribution >= 4 is 23.4 Å². The van der Waals surface area contributed by atoms with E-state index in [4.69, 9.17) is 14.2 Å². The number of benzene rings is 2. The molecule has 0 radical (unpaired) electrons. The number of rotatable bonds is 5. The Morgan fingerprint density at radius 3 is 2.34 bits per heavy atom. The van der Waals surface area contributed by atoms with E-state index in [9.17, 15) is 9.59 Å². The van der Waals surface area contributed by atoms with E-state index >= 15 is 0 Å². The molecule has 0 fully saturated rings. The molecule has 1 aliphatic rings. The monoisotopic (exact) mass is 455 g/mol. The smallest absolute Gasteiger partial charge is 0.325 e. The number of para-hydroxylation sites is 1. The maximum Gasteiger partial charge on any atom is 0.325 e. The van der Waals surface area contributed by atoms with Crippen molar-refractivity contribution in [1.29, 1.82) is 0 Å². The summed E-state index contributed by atoms with van der Waals surface area (Å²) in [7, 11) is 4.57. The number of methoxy groups -OCH3 is 3. The van der Waals surface area contributed by atoms with Crippen LogP contribution in [0.2, 0.25) is 0 Å². The fourth-order valence-corrected chi connectivity index (χ4v) is 4.32. The van der Waals surface area contributed by atoms with E-state index in [2.05, 4.69) is 10.1 Å². The highest BCUT2D eigenvalue weighted by Crippen LogP contribution is 2.43. The third-order valence-electron chi connectivity index (χ3n) is 5.28. The molecule has 2 heterocycles. The quantitative estimate of drug-likeness (QED) is 0.466. The van der Waals surface area contributed by atoms with Crippen molar-refractivity contribution in [3.05, 3.63) is 52.3 Å². The zero-order valence-corrected chi connectivity index (χ0v) is 19.1. The Bertz CT molecular complexity index is 1230. The lowest BCUT2D eigenvalue weighted by Gasteiger charge is -2.31. The van der Waals surface area contributed by atoms with Gasteiger partial charge in [-0.05, 0) is 35.2 Å². The minimum atomic E-state index is -0.751. The Morgan fingerprint density at radius 2 is 1.78 bits per heavy atom. The SMILES string of the molecule is COc1cc(C2N(C(C)=O)c3ccccc3-c3c(=O)[nH]c(SC)n[n+]32)cc(OC)c1OC. The van der Waals surface area contributed by atoms with Crippen LogP contribution in [-0.4, -0.2) is 43.6 Å². The summed E-state index contributed by atoms with van der Waals surface area (Å²) in [6.07, 6.45) is 1.07. The number of carbonyl (C=O) groups is 1. The summed E-state index contributed by atoms with van der Waals surface area (Å²) >= 11 is 1.30. The van der Waals surface area contributed by atoms with Gasteiger partial charge in [0.2, 0.25) is 16.8 Å². The Morgan fingerprint density at radius 1 is 1.12 bits per heavy atom. The van der Waals surface area contributed by atoms with Crippen LogP contribution in [-0.2, 0) is 4.79 Å². The predicted molar refractivity (Wildman–Crippen MR) is 120 cm³/mol. The number of amides is 1. The van der Waals surface area contributed by atoms with Gasteiger partial charge in [-0.2, -0.15) is 0 Å². The average molecular weight is 456 g/mol. The zero-order valence-electron chi connectivity index (χ0n) is 18.3. The number of aromatic nitrogens is 3. The van der Waals surface area contributed by atoms with Crippen LogP contribution in [0.25, 0.3) is 11.3 Å². The molecule has 1 unspecified atom stereocenters. The van der Waals surface area contributed by atoms with Crippen LogP contribution < -0.4 is 29.4 Å². The van der Waals surface area contributed by atoms with Crippen molar-refractivity contribution in [2.24, 2.45) is 0 Å². The highest BCUT2D eigenvalue weighted by Gasteiger charge is 2.45. The van der Waals surface area contributed by atoms with E-state index < -0.39 is 6.17 Å². The summed E-state index contributed by atoms with van der Waals surface area (Å²) in [5, 5.41) is 5.08. The van der Waals surface area contributed by atoms with Crippen LogP contribution in [0.3, 0.4) is 0 Å². The average Bonchev–Trinajstić information content (AvgIpc) is 2.81. The van der Waals surface area contributed by atoms with Gasteiger partial charge in [0.05, 0.1) is 38.1 Å². The topological polar surface area (TPSA) is 97.6 Å². The molecule has 9 nitrogen and oxygen atoms in total. The highest BCUT2D eigenvalue weighted by atomic mass is 32.2. The first-order chi connectivity index (χ1) is 15.4.